The van der Waals surface area contributed by atoms with E-state index in [0.29, 0.717) is 11.3 Å². The number of nitrogens with zero attached hydrogens (tertiary/aromatic N) is 2. The normalized spacial score (nSPS) is 11.2. The van der Waals surface area contributed by atoms with Gasteiger partial charge in [0.1, 0.15) is 10.9 Å². The van der Waals surface area contributed by atoms with E-state index in [1.807, 2.05) is 0 Å². The Kier molecular flexibility index (Phi) is 4.10. The van der Waals surface area contributed by atoms with Gasteiger partial charge >= 0.3 is 0 Å². The van der Waals surface area contributed by atoms with Crippen LogP contribution in [-0.2, 0) is 10.0 Å². The first-order valence-electron chi connectivity index (χ1n) is 5.58. The van der Waals surface area contributed by atoms with E-state index in [1.54, 1.807) is 13.0 Å². The van der Waals surface area contributed by atoms with E-state index in [9.17, 15) is 8.42 Å². The first-order chi connectivity index (χ1) is 9.42. The number of benzene rings is 1. The molecule has 0 atom stereocenters. The Morgan fingerprint density at radius 3 is 2.65 bits per heavy atom. The quantitative estimate of drug-likeness (QED) is 0.876. The second-order valence-electron chi connectivity index (χ2n) is 3.94. The molecule has 0 bridgehead atoms. The third-order valence-corrected chi connectivity index (χ3v) is 4.06. The Hall–Kier alpha value is -1.86. The van der Waals surface area contributed by atoms with E-state index >= 15 is 0 Å². The van der Waals surface area contributed by atoms with Crippen molar-refractivity contribution >= 4 is 27.6 Å². The van der Waals surface area contributed by atoms with Gasteiger partial charge in [0.2, 0.25) is 5.95 Å². The van der Waals surface area contributed by atoms with Crippen LogP contribution in [0.25, 0.3) is 0 Å². The minimum Gasteiger partial charge on any atom is -0.496 e. The third-order valence-electron chi connectivity index (χ3n) is 2.52. The van der Waals surface area contributed by atoms with Crippen molar-refractivity contribution < 1.29 is 13.2 Å². The highest BCUT2D eigenvalue weighted by atomic mass is 35.5. The fourth-order valence-electron chi connectivity index (χ4n) is 1.58. The van der Waals surface area contributed by atoms with Crippen molar-refractivity contribution in [2.45, 2.75) is 11.8 Å². The summed E-state index contributed by atoms with van der Waals surface area (Å²) in [6, 6.07) is 5.99. The van der Waals surface area contributed by atoms with Crippen molar-refractivity contribution in [2.75, 3.05) is 11.8 Å². The molecular weight excluding hydrogens is 302 g/mol. The summed E-state index contributed by atoms with van der Waals surface area (Å²) in [7, 11) is -2.24. The fraction of sp³-hybridized carbons (Fsp3) is 0.167. The lowest BCUT2D eigenvalue weighted by atomic mass is 10.2. The highest BCUT2D eigenvalue weighted by Gasteiger charge is 2.17. The van der Waals surface area contributed by atoms with Crippen molar-refractivity contribution in [2.24, 2.45) is 0 Å². The van der Waals surface area contributed by atoms with Crippen LogP contribution in [0.4, 0.5) is 5.95 Å². The molecular formula is C12H12ClN3O3S. The van der Waals surface area contributed by atoms with Gasteiger partial charge in [-0.3, -0.25) is 0 Å². The first-order valence-corrected chi connectivity index (χ1v) is 7.44. The first kappa shape index (κ1) is 14.5. The second-order valence-corrected chi connectivity index (χ2v) is 6.01. The number of methoxy groups -OCH3 is 1. The number of aromatic nitrogens is 2. The molecule has 20 heavy (non-hydrogen) atoms. The molecule has 2 aromatic rings. The number of anilines is 1. The van der Waals surface area contributed by atoms with Crippen LogP contribution in [0.15, 0.2) is 35.4 Å². The number of sulfonamides is 1. The molecule has 8 heteroatoms. The van der Waals surface area contributed by atoms with Gasteiger partial charge in [-0.05, 0) is 36.8 Å². The summed E-state index contributed by atoms with van der Waals surface area (Å²) >= 11 is 5.68. The molecule has 0 unspecified atom stereocenters. The van der Waals surface area contributed by atoms with Gasteiger partial charge in [0.25, 0.3) is 10.0 Å². The van der Waals surface area contributed by atoms with Crippen LogP contribution in [0, 0.1) is 6.92 Å². The Bertz CT molecular complexity index is 734. The maximum Gasteiger partial charge on any atom is 0.264 e. The standard InChI is InChI=1S/C12H12ClN3O3S/c1-8-7-9(3-4-10(8)19-2)20(17,18)16-12-14-6-5-11(13)15-12/h3-7H,1-2H3,(H,14,15,16). The third kappa shape index (κ3) is 3.17. The predicted octanol–water partition coefficient (Wildman–Crippen LogP) is 2.25. The second kappa shape index (κ2) is 5.64. The van der Waals surface area contributed by atoms with Crippen LogP contribution in [0.2, 0.25) is 5.15 Å². The van der Waals surface area contributed by atoms with Crippen LogP contribution in [-0.4, -0.2) is 25.5 Å². The number of aryl methyl sites for hydroxylation is 1. The van der Waals surface area contributed by atoms with Gasteiger partial charge in [-0.1, -0.05) is 11.6 Å². The summed E-state index contributed by atoms with van der Waals surface area (Å²) in [6.45, 7) is 1.76. The van der Waals surface area contributed by atoms with Gasteiger partial charge in [-0.15, -0.1) is 0 Å². The van der Waals surface area contributed by atoms with Crippen molar-refractivity contribution in [1.82, 2.24) is 9.97 Å². The monoisotopic (exact) mass is 313 g/mol. The van der Waals surface area contributed by atoms with Gasteiger partial charge in [0, 0.05) is 6.20 Å². The van der Waals surface area contributed by atoms with E-state index < -0.39 is 10.0 Å². The largest absolute Gasteiger partial charge is 0.496 e. The molecule has 0 radical (unpaired) electrons. The molecule has 0 amide bonds. The molecule has 1 N–H and O–H groups in total. The van der Waals surface area contributed by atoms with Gasteiger partial charge in [0.05, 0.1) is 12.0 Å². The predicted molar refractivity (Wildman–Crippen MR) is 75.6 cm³/mol. The molecule has 0 spiro atoms. The van der Waals surface area contributed by atoms with E-state index in [1.165, 1.54) is 31.5 Å². The molecule has 2 rings (SSSR count). The van der Waals surface area contributed by atoms with Crippen LogP contribution in [0.3, 0.4) is 0 Å². The molecule has 0 saturated carbocycles. The summed E-state index contributed by atoms with van der Waals surface area (Å²) in [4.78, 5) is 7.67. The lowest BCUT2D eigenvalue weighted by Crippen LogP contribution is -2.15. The number of nitrogens with one attached hydrogen (secondary N) is 1. The number of hydrogen-bond donors (Lipinski definition) is 1. The van der Waals surface area contributed by atoms with E-state index in [4.69, 9.17) is 16.3 Å². The van der Waals surface area contributed by atoms with Crippen molar-refractivity contribution in [3.63, 3.8) is 0 Å². The summed E-state index contributed by atoms with van der Waals surface area (Å²) < 4.78 is 31.7. The number of ether oxygens (including phenoxy) is 1. The molecule has 0 saturated heterocycles. The SMILES string of the molecule is COc1ccc(S(=O)(=O)Nc2nccc(Cl)n2)cc1C. The van der Waals surface area contributed by atoms with Crippen molar-refractivity contribution in [3.05, 3.63) is 41.2 Å². The van der Waals surface area contributed by atoms with Gasteiger partial charge in [0.15, 0.2) is 0 Å². The Balaban J connectivity index is 2.33. The van der Waals surface area contributed by atoms with Crippen LogP contribution >= 0.6 is 11.6 Å². The topological polar surface area (TPSA) is 81.2 Å². The molecule has 1 aromatic heterocycles. The molecule has 6 nitrogen and oxygen atoms in total. The van der Waals surface area contributed by atoms with Crippen molar-refractivity contribution in [1.29, 1.82) is 0 Å². The number of halogens is 1. The van der Waals surface area contributed by atoms with Crippen LogP contribution in [0.5, 0.6) is 5.75 Å². The lowest BCUT2D eigenvalue weighted by molar-refractivity contribution is 0.411. The van der Waals surface area contributed by atoms with Gasteiger partial charge < -0.3 is 4.74 Å². The molecule has 0 aliphatic carbocycles. The average Bonchev–Trinajstić information content (AvgIpc) is 2.38. The molecule has 1 aromatic carbocycles. The maximum atomic E-state index is 12.2. The summed E-state index contributed by atoms with van der Waals surface area (Å²) in [5.41, 5.74) is 0.711. The van der Waals surface area contributed by atoms with E-state index in [-0.39, 0.29) is 16.0 Å². The zero-order valence-electron chi connectivity index (χ0n) is 10.8. The maximum absolute atomic E-state index is 12.2. The summed E-state index contributed by atoms with van der Waals surface area (Å²) in [5.74, 6) is 0.536. The average molecular weight is 314 g/mol. The van der Waals surface area contributed by atoms with Crippen LogP contribution < -0.4 is 9.46 Å². The molecule has 0 aliphatic rings. The molecule has 0 fully saturated rings. The van der Waals surface area contributed by atoms with Crippen LogP contribution in [0.1, 0.15) is 5.56 Å². The molecule has 1 heterocycles. The molecule has 106 valence electrons. The summed E-state index contributed by atoms with van der Waals surface area (Å²) in [5, 5.41) is 0.156. The lowest BCUT2D eigenvalue weighted by Gasteiger charge is -2.09. The number of hydrogen-bond acceptors (Lipinski definition) is 5. The highest BCUT2D eigenvalue weighted by Crippen LogP contribution is 2.22. The van der Waals surface area contributed by atoms with Crippen molar-refractivity contribution in [3.8, 4) is 5.75 Å². The number of rotatable bonds is 4. The Morgan fingerprint density at radius 2 is 2.05 bits per heavy atom. The zero-order chi connectivity index (χ0) is 14.8. The Morgan fingerprint density at radius 1 is 1.30 bits per heavy atom. The van der Waals surface area contributed by atoms with Gasteiger partial charge in [-0.25, -0.2) is 23.1 Å². The molecule has 0 aliphatic heterocycles. The summed E-state index contributed by atoms with van der Waals surface area (Å²) in [6.07, 6.45) is 1.37. The minimum absolute atomic E-state index is 0.0778. The van der Waals surface area contributed by atoms with Gasteiger partial charge in [-0.2, -0.15) is 0 Å². The highest BCUT2D eigenvalue weighted by molar-refractivity contribution is 7.92. The Labute approximate surface area is 121 Å². The van der Waals surface area contributed by atoms with E-state index in [2.05, 4.69) is 14.7 Å². The fourth-order valence-corrected chi connectivity index (χ4v) is 2.76. The smallest absolute Gasteiger partial charge is 0.264 e. The zero-order valence-corrected chi connectivity index (χ0v) is 12.4. The minimum atomic E-state index is -3.77. The van der Waals surface area contributed by atoms with E-state index in [0.717, 1.165) is 0 Å².